The van der Waals surface area contributed by atoms with Crippen LogP contribution in [0.15, 0.2) is 0 Å². The highest BCUT2D eigenvalue weighted by Gasteiger charge is 2.36. The van der Waals surface area contributed by atoms with Gasteiger partial charge in [-0.1, -0.05) is 69.2 Å². The Hall–Kier alpha value is -4.97. The van der Waals surface area contributed by atoms with Crippen molar-refractivity contribution in [1.82, 2.24) is 42.5 Å². The van der Waals surface area contributed by atoms with E-state index < -0.39 is 108 Å². The maximum atomic E-state index is 14.4. The van der Waals surface area contributed by atoms with Gasteiger partial charge in [-0.3, -0.25) is 38.4 Å². The van der Waals surface area contributed by atoms with Gasteiger partial charge in [-0.25, -0.2) is 4.79 Å². The van der Waals surface area contributed by atoms with Gasteiger partial charge < -0.3 is 76.3 Å². The normalized spacial score (nSPS) is 15.1. The fourth-order valence-corrected chi connectivity index (χ4v) is 8.65. The van der Waals surface area contributed by atoms with E-state index in [1.165, 1.54) is 0 Å². The second-order valence-electron chi connectivity index (χ2n) is 22.7. The SMILES string of the molecule is CC(C)CC(N)C(=O)NC(CCCCN)C(=O)NC(CCCCN)C(=O)NC(CC(C)C)C(=O)NC(CC(C)C)C(=O)NC(CCCCN)C(=O)NC(CC(C)C)C(=O)NC(CCCCN)C(=O)NC(CC(C)C)C(=O)O. The van der Waals surface area contributed by atoms with Gasteiger partial charge in [-0.05, 0) is 165 Å². The van der Waals surface area contributed by atoms with Gasteiger partial charge in [-0.15, -0.1) is 0 Å². The number of aliphatic carboxylic acids is 1. The molecule has 19 N–H and O–H groups in total. The molecule has 23 heteroatoms. The molecule has 0 spiro atoms. The smallest absolute Gasteiger partial charge is 0.326 e. The van der Waals surface area contributed by atoms with Crippen LogP contribution in [-0.2, 0) is 43.2 Å². The Bertz CT molecular complexity index is 1790. The van der Waals surface area contributed by atoms with Crippen LogP contribution < -0.4 is 71.2 Å². The zero-order valence-corrected chi connectivity index (χ0v) is 48.4. The monoisotopic (exact) mass is 1100 g/mol. The molecule has 0 saturated heterocycles. The van der Waals surface area contributed by atoms with Crippen LogP contribution >= 0.6 is 0 Å². The van der Waals surface area contributed by atoms with Crippen LogP contribution in [-0.4, -0.2) is 139 Å². The zero-order valence-electron chi connectivity index (χ0n) is 48.4. The van der Waals surface area contributed by atoms with E-state index >= 15 is 0 Å². The summed E-state index contributed by atoms with van der Waals surface area (Å²) in [5.41, 5.74) is 29.2. The molecule has 0 saturated carbocycles. The Morgan fingerprint density at radius 2 is 0.494 bits per heavy atom. The third-order valence-electron chi connectivity index (χ3n) is 12.7. The van der Waals surface area contributed by atoms with E-state index in [1.807, 2.05) is 69.2 Å². The lowest BCUT2D eigenvalue weighted by molar-refractivity contribution is -0.143. The second kappa shape index (κ2) is 40.2. The minimum absolute atomic E-state index is 0.0469. The molecule has 0 aliphatic carbocycles. The van der Waals surface area contributed by atoms with Gasteiger partial charge in [0.1, 0.15) is 48.3 Å². The molecular weight excluding hydrogens is 991 g/mol. The topological polar surface area (TPSA) is 400 Å². The largest absolute Gasteiger partial charge is 0.480 e. The van der Waals surface area contributed by atoms with Crippen molar-refractivity contribution in [3.8, 4) is 0 Å². The van der Waals surface area contributed by atoms with Crippen LogP contribution in [0.3, 0.4) is 0 Å². The summed E-state index contributed by atoms with van der Waals surface area (Å²) in [4.78, 5) is 124. The molecule has 23 nitrogen and oxygen atoms in total. The number of carboxylic acid groups (broad SMARTS) is 1. The standard InChI is InChI=1S/C54H105N13O10/c1-32(2)27-37(59)46(68)60-38(19-11-15-23-55)47(69)61-39(20-12-16-24-56)48(70)65-44(30-35(7)8)53(75)66-43(29-34(5)6)52(74)62-40(21-13-17-25-57)49(71)64-42(28-33(3)4)51(73)63-41(22-14-18-26-58)50(72)67-45(54(76)77)31-36(9)10/h32-45H,11-31,55-59H2,1-10H3,(H,60,68)(H,61,69)(H,62,74)(H,63,73)(H,64,71)(H,65,70)(H,66,75)(H,67,72)(H,76,77). The fraction of sp³-hybridized carbons (Fsp3) is 0.833. The molecule has 0 aromatic rings. The molecule has 0 aliphatic heterocycles. The molecule has 0 radical (unpaired) electrons. The van der Waals surface area contributed by atoms with Crippen molar-refractivity contribution in [1.29, 1.82) is 0 Å². The second-order valence-corrected chi connectivity index (χ2v) is 22.7. The molecule has 8 amide bonds. The van der Waals surface area contributed by atoms with E-state index in [9.17, 15) is 48.3 Å². The lowest BCUT2D eigenvalue weighted by Gasteiger charge is -2.29. The van der Waals surface area contributed by atoms with E-state index in [1.54, 1.807) is 0 Å². The summed E-state index contributed by atoms with van der Waals surface area (Å²) in [6.45, 7) is 20.0. The Labute approximate surface area is 459 Å². The minimum Gasteiger partial charge on any atom is -0.480 e. The van der Waals surface area contributed by atoms with Crippen LogP contribution in [0, 0.1) is 29.6 Å². The van der Waals surface area contributed by atoms with Gasteiger partial charge >= 0.3 is 5.97 Å². The molecule has 0 aliphatic rings. The van der Waals surface area contributed by atoms with Gasteiger partial charge in [0, 0.05) is 0 Å². The molecule has 77 heavy (non-hydrogen) atoms. The van der Waals surface area contributed by atoms with Crippen molar-refractivity contribution < 1.29 is 48.3 Å². The lowest BCUT2D eigenvalue weighted by atomic mass is 9.98. The number of hydrogen-bond donors (Lipinski definition) is 14. The molecule has 446 valence electrons. The Kier molecular flexibility index (Phi) is 37.7. The number of nitrogens with two attached hydrogens (primary N) is 5. The molecule has 0 heterocycles. The Morgan fingerprint density at radius 1 is 0.299 bits per heavy atom. The summed E-state index contributed by atoms with van der Waals surface area (Å²) >= 11 is 0. The van der Waals surface area contributed by atoms with Gasteiger partial charge in [0.25, 0.3) is 0 Å². The number of nitrogens with one attached hydrogen (secondary N) is 8. The van der Waals surface area contributed by atoms with E-state index in [2.05, 4.69) is 42.5 Å². The Balaban J connectivity index is 6.81. The molecule has 0 aromatic heterocycles. The van der Waals surface area contributed by atoms with Crippen molar-refractivity contribution >= 4 is 53.2 Å². The summed E-state index contributed by atoms with van der Waals surface area (Å²) < 4.78 is 0. The van der Waals surface area contributed by atoms with E-state index in [0.29, 0.717) is 84.0 Å². The van der Waals surface area contributed by atoms with Gasteiger partial charge in [-0.2, -0.15) is 0 Å². The van der Waals surface area contributed by atoms with Crippen LogP contribution in [0.1, 0.15) is 178 Å². The third-order valence-corrected chi connectivity index (χ3v) is 12.7. The van der Waals surface area contributed by atoms with Crippen LogP contribution in [0.2, 0.25) is 0 Å². The van der Waals surface area contributed by atoms with Crippen LogP contribution in [0.5, 0.6) is 0 Å². The summed E-state index contributed by atoms with van der Waals surface area (Å²) in [5.74, 6) is -6.68. The first-order valence-electron chi connectivity index (χ1n) is 28.4. The van der Waals surface area contributed by atoms with E-state index in [-0.39, 0.29) is 81.0 Å². The molecule has 0 rings (SSSR count). The molecule has 9 atom stereocenters. The summed E-state index contributed by atoms with van der Waals surface area (Å²) in [7, 11) is 0. The summed E-state index contributed by atoms with van der Waals surface area (Å²) in [6, 6.07) is -10.0. The van der Waals surface area contributed by atoms with Gasteiger partial charge in [0.15, 0.2) is 0 Å². The lowest BCUT2D eigenvalue weighted by Crippen LogP contribution is -2.60. The first kappa shape index (κ1) is 72.0. The number of amides is 8. The molecule has 0 fully saturated rings. The van der Waals surface area contributed by atoms with Crippen molar-refractivity contribution in [3.05, 3.63) is 0 Å². The van der Waals surface area contributed by atoms with Crippen molar-refractivity contribution in [2.24, 2.45) is 58.3 Å². The van der Waals surface area contributed by atoms with Crippen LogP contribution in [0.25, 0.3) is 0 Å². The minimum atomic E-state index is -1.21. The number of carbonyl (C=O) groups excluding carboxylic acids is 8. The van der Waals surface area contributed by atoms with Gasteiger partial charge in [0.2, 0.25) is 47.3 Å². The number of unbranched alkanes of at least 4 members (excludes halogenated alkanes) is 4. The fourth-order valence-electron chi connectivity index (χ4n) is 8.65. The van der Waals surface area contributed by atoms with Crippen molar-refractivity contribution in [3.63, 3.8) is 0 Å². The first-order chi connectivity index (χ1) is 36.2. The zero-order chi connectivity index (χ0) is 58.8. The quantitative estimate of drug-likeness (QED) is 0.0379. The first-order valence-corrected chi connectivity index (χ1v) is 28.4. The molecular formula is C54H105N13O10. The number of hydrogen-bond acceptors (Lipinski definition) is 14. The van der Waals surface area contributed by atoms with Crippen LogP contribution in [0.4, 0.5) is 0 Å². The molecule has 0 bridgehead atoms. The Morgan fingerprint density at radius 3 is 0.714 bits per heavy atom. The predicted octanol–water partition coefficient (Wildman–Crippen LogP) is 1.02. The molecule has 9 unspecified atom stereocenters. The highest BCUT2D eigenvalue weighted by molar-refractivity contribution is 5.98. The summed E-state index contributed by atoms with van der Waals surface area (Å²) in [5, 5.41) is 31.9. The maximum Gasteiger partial charge on any atom is 0.326 e. The average molecular weight is 1100 g/mol. The number of carboxylic acids is 1. The highest BCUT2D eigenvalue weighted by Crippen LogP contribution is 2.15. The average Bonchev–Trinajstić information content (AvgIpc) is 3.33. The van der Waals surface area contributed by atoms with E-state index in [4.69, 9.17) is 28.7 Å². The number of carbonyl (C=O) groups is 9. The highest BCUT2D eigenvalue weighted by atomic mass is 16.4. The predicted molar refractivity (Wildman–Crippen MR) is 300 cm³/mol. The summed E-state index contributed by atoms with van der Waals surface area (Å²) in [6.07, 6.45) is 5.73. The van der Waals surface area contributed by atoms with Gasteiger partial charge in [0.05, 0.1) is 6.04 Å². The van der Waals surface area contributed by atoms with E-state index in [0.717, 1.165) is 0 Å². The van der Waals surface area contributed by atoms with Crippen molar-refractivity contribution in [2.75, 3.05) is 26.2 Å². The third kappa shape index (κ3) is 31.9. The maximum absolute atomic E-state index is 14.4. The number of rotatable bonds is 43. The molecule has 0 aromatic carbocycles. The van der Waals surface area contributed by atoms with Crippen molar-refractivity contribution in [2.45, 2.75) is 233 Å².